The highest BCUT2D eigenvalue weighted by Gasteiger charge is 2.32. The fourth-order valence-electron chi connectivity index (χ4n) is 3.07. The van der Waals surface area contributed by atoms with Crippen molar-refractivity contribution in [2.45, 2.75) is 32.7 Å². The van der Waals surface area contributed by atoms with Gasteiger partial charge in [-0.2, -0.15) is 0 Å². The second-order valence-corrected chi connectivity index (χ2v) is 5.29. The minimum Gasteiger partial charge on any atom is -0.319 e. The predicted molar refractivity (Wildman–Crippen MR) is 75.6 cm³/mol. The molecule has 18 heavy (non-hydrogen) atoms. The van der Waals surface area contributed by atoms with Gasteiger partial charge in [0.1, 0.15) is 0 Å². The van der Waals surface area contributed by atoms with E-state index in [4.69, 9.17) is 0 Å². The third-order valence-electron chi connectivity index (χ3n) is 3.97. The lowest BCUT2D eigenvalue weighted by atomic mass is 9.86. The maximum atomic E-state index is 4.66. The molecule has 1 aromatic rings. The summed E-state index contributed by atoms with van der Waals surface area (Å²) in [6.45, 7) is 7.75. The van der Waals surface area contributed by atoms with Gasteiger partial charge < -0.3 is 5.32 Å². The monoisotopic (exact) mass is 247 g/mol. The lowest BCUT2D eigenvalue weighted by Crippen LogP contribution is -2.42. The summed E-state index contributed by atoms with van der Waals surface area (Å²) in [7, 11) is 2.05. The van der Waals surface area contributed by atoms with Gasteiger partial charge in [-0.1, -0.05) is 13.0 Å². The van der Waals surface area contributed by atoms with Gasteiger partial charge in [0.05, 0.1) is 11.7 Å². The van der Waals surface area contributed by atoms with Crippen molar-refractivity contribution in [3.8, 4) is 0 Å². The number of aryl methyl sites for hydroxylation is 1. The minimum atomic E-state index is 0.483. The molecular formula is C15H25N3. The Morgan fingerprint density at radius 3 is 2.89 bits per heavy atom. The van der Waals surface area contributed by atoms with E-state index in [-0.39, 0.29) is 0 Å². The van der Waals surface area contributed by atoms with E-state index in [0.717, 1.165) is 13.1 Å². The SMILES string of the molecule is CCN1CCCC(CNC)C1c1ccc(C)cn1. The van der Waals surface area contributed by atoms with Crippen LogP contribution in [0.25, 0.3) is 0 Å². The zero-order chi connectivity index (χ0) is 13.0. The average Bonchev–Trinajstić information content (AvgIpc) is 2.40. The molecule has 1 N–H and O–H groups in total. The molecule has 2 heterocycles. The largest absolute Gasteiger partial charge is 0.319 e. The summed E-state index contributed by atoms with van der Waals surface area (Å²) in [6, 6.07) is 4.87. The zero-order valence-corrected chi connectivity index (χ0v) is 11.8. The van der Waals surface area contributed by atoms with Gasteiger partial charge in [0.15, 0.2) is 0 Å². The molecule has 2 rings (SSSR count). The Bertz CT molecular complexity index is 359. The molecule has 0 aliphatic carbocycles. The molecule has 0 bridgehead atoms. The molecule has 1 aliphatic heterocycles. The molecule has 3 nitrogen and oxygen atoms in total. The lowest BCUT2D eigenvalue weighted by Gasteiger charge is -2.40. The van der Waals surface area contributed by atoms with Crippen LogP contribution < -0.4 is 5.32 Å². The number of nitrogens with one attached hydrogen (secondary N) is 1. The normalized spacial score (nSPS) is 25.3. The van der Waals surface area contributed by atoms with Crippen LogP contribution in [0.15, 0.2) is 18.3 Å². The van der Waals surface area contributed by atoms with Crippen LogP contribution in [0, 0.1) is 12.8 Å². The minimum absolute atomic E-state index is 0.483. The van der Waals surface area contributed by atoms with Crippen molar-refractivity contribution in [3.05, 3.63) is 29.6 Å². The van der Waals surface area contributed by atoms with Crippen molar-refractivity contribution in [2.75, 3.05) is 26.7 Å². The molecule has 1 fully saturated rings. The Morgan fingerprint density at radius 2 is 2.28 bits per heavy atom. The van der Waals surface area contributed by atoms with Crippen LogP contribution in [0.4, 0.5) is 0 Å². The van der Waals surface area contributed by atoms with Crippen molar-refractivity contribution in [1.82, 2.24) is 15.2 Å². The van der Waals surface area contributed by atoms with Crippen molar-refractivity contribution in [2.24, 2.45) is 5.92 Å². The molecule has 0 spiro atoms. The van der Waals surface area contributed by atoms with Gasteiger partial charge in [-0.25, -0.2) is 0 Å². The summed E-state index contributed by atoms with van der Waals surface area (Å²) in [5, 5.41) is 3.34. The molecule has 0 amide bonds. The maximum Gasteiger partial charge on any atom is 0.0578 e. The Kier molecular flexibility index (Phi) is 4.72. The summed E-state index contributed by atoms with van der Waals surface area (Å²) < 4.78 is 0. The average molecular weight is 247 g/mol. The van der Waals surface area contributed by atoms with Crippen LogP contribution in [0.1, 0.15) is 37.1 Å². The number of pyridine rings is 1. The number of aromatic nitrogens is 1. The second kappa shape index (κ2) is 6.30. The Hall–Kier alpha value is -0.930. The molecule has 0 aromatic carbocycles. The third-order valence-corrected chi connectivity index (χ3v) is 3.97. The van der Waals surface area contributed by atoms with Gasteiger partial charge in [0, 0.05) is 6.20 Å². The van der Waals surface area contributed by atoms with E-state index in [1.165, 1.54) is 30.6 Å². The highest BCUT2D eigenvalue weighted by atomic mass is 15.2. The topological polar surface area (TPSA) is 28.2 Å². The van der Waals surface area contributed by atoms with E-state index >= 15 is 0 Å². The highest BCUT2D eigenvalue weighted by molar-refractivity contribution is 5.16. The van der Waals surface area contributed by atoms with Crippen LogP contribution in [-0.2, 0) is 0 Å². The standard InChI is InChI=1S/C15H25N3/c1-4-18-9-5-6-13(11-16-3)15(18)14-8-7-12(2)10-17-14/h7-8,10,13,15-16H,4-6,9,11H2,1-3H3. The van der Waals surface area contributed by atoms with E-state index in [0.29, 0.717) is 12.0 Å². The van der Waals surface area contributed by atoms with Gasteiger partial charge in [-0.3, -0.25) is 9.88 Å². The quantitative estimate of drug-likeness (QED) is 0.885. The van der Waals surface area contributed by atoms with Crippen LogP contribution in [0.5, 0.6) is 0 Å². The van der Waals surface area contributed by atoms with Crippen molar-refractivity contribution < 1.29 is 0 Å². The maximum absolute atomic E-state index is 4.66. The van der Waals surface area contributed by atoms with Gasteiger partial charge >= 0.3 is 0 Å². The first-order valence-electron chi connectivity index (χ1n) is 7.07. The first kappa shape index (κ1) is 13.5. The first-order chi connectivity index (χ1) is 8.76. The summed E-state index contributed by atoms with van der Waals surface area (Å²) in [5.74, 6) is 0.680. The number of likely N-dealkylation sites (tertiary alicyclic amines) is 1. The Morgan fingerprint density at radius 1 is 1.44 bits per heavy atom. The van der Waals surface area contributed by atoms with E-state index in [9.17, 15) is 0 Å². The molecule has 1 saturated heterocycles. The van der Waals surface area contributed by atoms with Crippen LogP contribution in [0.2, 0.25) is 0 Å². The Labute approximate surface area is 111 Å². The van der Waals surface area contributed by atoms with E-state index in [2.05, 4.69) is 41.2 Å². The van der Waals surface area contributed by atoms with Crippen LogP contribution in [0.3, 0.4) is 0 Å². The number of piperidine rings is 1. The zero-order valence-electron chi connectivity index (χ0n) is 11.8. The molecular weight excluding hydrogens is 222 g/mol. The highest BCUT2D eigenvalue weighted by Crippen LogP contribution is 2.34. The fourth-order valence-corrected chi connectivity index (χ4v) is 3.07. The van der Waals surface area contributed by atoms with Crippen LogP contribution in [-0.4, -0.2) is 36.6 Å². The van der Waals surface area contributed by atoms with Gasteiger partial charge in [-0.05, 0) is 64.0 Å². The van der Waals surface area contributed by atoms with E-state index in [1.54, 1.807) is 0 Å². The number of rotatable bonds is 4. The third kappa shape index (κ3) is 2.90. The summed E-state index contributed by atoms with van der Waals surface area (Å²) in [4.78, 5) is 7.24. The number of hydrogen-bond donors (Lipinski definition) is 1. The lowest BCUT2D eigenvalue weighted by molar-refractivity contribution is 0.0951. The molecule has 2 unspecified atom stereocenters. The van der Waals surface area contributed by atoms with Gasteiger partial charge in [-0.15, -0.1) is 0 Å². The second-order valence-electron chi connectivity index (χ2n) is 5.29. The molecule has 1 aromatic heterocycles. The number of nitrogens with zero attached hydrogens (tertiary/aromatic N) is 2. The molecule has 0 radical (unpaired) electrons. The summed E-state index contributed by atoms with van der Waals surface area (Å²) in [5.41, 5.74) is 2.48. The Balaban J connectivity index is 2.24. The smallest absolute Gasteiger partial charge is 0.0578 e. The van der Waals surface area contributed by atoms with Crippen molar-refractivity contribution in [3.63, 3.8) is 0 Å². The predicted octanol–water partition coefficient (Wildman–Crippen LogP) is 2.38. The van der Waals surface area contributed by atoms with Gasteiger partial charge in [0.2, 0.25) is 0 Å². The van der Waals surface area contributed by atoms with Crippen molar-refractivity contribution >= 4 is 0 Å². The molecule has 2 atom stereocenters. The van der Waals surface area contributed by atoms with Crippen LogP contribution >= 0.6 is 0 Å². The molecule has 3 heteroatoms. The molecule has 1 aliphatic rings. The van der Waals surface area contributed by atoms with Gasteiger partial charge in [0.25, 0.3) is 0 Å². The van der Waals surface area contributed by atoms with E-state index in [1.807, 2.05) is 13.2 Å². The summed E-state index contributed by atoms with van der Waals surface area (Å²) >= 11 is 0. The first-order valence-corrected chi connectivity index (χ1v) is 7.07. The summed E-state index contributed by atoms with van der Waals surface area (Å²) in [6.07, 6.45) is 4.61. The molecule has 0 saturated carbocycles. The fraction of sp³-hybridized carbons (Fsp3) is 0.667. The number of hydrogen-bond acceptors (Lipinski definition) is 3. The van der Waals surface area contributed by atoms with Crippen molar-refractivity contribution in [1.29, 1.82) is 0 Å². The van der Waals surface area contributed by atoms with E-state index < -0.39 is 0 Å². The molecule has 100 valence electrons.